The number of hydrogen-bond donors (Lipinski definition) is 2. The Kier molecular flexibility index (Phi) is 3.84. The monoisotopic (exact) mass is 296 g/mol. The summed E-state index contributed by atoms with van der Waals surface area (Å²) in [6.45, 7) is 5.00. The molecular formula is C13H17BrN2O. The van der Waals surface area contributed by atoms with Gasteiger partial charge in [0.05, 0.1) is 11.6 Å². The van der Waals surface area contributed by atoms with E-state index in [1.165, 1.54) is 0 Å². The molecule has 1 aromatic rings. The lowest BCUT2D eigenvalue weighted by Crippen LogP contribution is -2.32. The number of rotatable bonds is 2. The molecular weight excluding hydrogens is 280 g/mol. The van der Waals surface area contributed by atoms with Gasteiger partial charge in [0, 0.05) is 10.5 Å². The maximum absolute atomic E-state index is 12.1. The van der Waals surface area contributed by atoms with Crippen molar-refractivity contribution in [3.05, 3.63) is 28.2 Å². The Morgan fingerprint density at radius 2 is 2.29 bits per heavy atom. The van der Waals surface area contributed by atoms with E-state index in [9.17, 15) is 4.79 Å². The summed E-state index contributed by atoms with van der Waals surface area (Å²) in [5.41, 5.74) is 2.00. The fourth-order valence-corrected chi connectivity index (χ4v) is 2.52. The molecule has 0 spiro atoms. The molecule has 1 aliphatic heterocycles. The number of halogens is 1. The molecule has 0 bridgehead atoms. The number of hydrogen-bond acceptors (Lipinski definition) is 2. The number of carbonyl (C=O) groups is 1. The van der Waals surface area contributed by atoms with Crippen LogP contribution in [0.3, 0.4) is 0 Å². The van der Waals surface area contributed by atoms with Crippen LogP contribution in [-0.4, -0.2) is 18.5 Å². The predicted molar refractivity (Wildman–Crippen MR) is 73.1 cm³/mol. The van der Waals surface area contributed by atoms with Gasteiger partial charge in [0.25, 0.3) is 0 Å². The zero-order chi connectivity index (χ0) is 12.4. The Morgan fingerprint density at radius 3 is 2.94 bits per heavy atom. The Hall–Kier alpha value is -0.870. The van der Waals surface area contributed by atoms with Crippen LogP contribution in [0.1, 0.15) is 18.9 Å². The lowest BCUT2D eigenvalue weighted by molar-refractivity contribution is -0.120. The van der Waals surface area contributed by atoms with Gasteiger partial charge in [-0.3, -0.25) is 4.79 Å². The van der Waals surface area contributed by atoms with Crippen molar-refractivity contribution in [3.63, 3.8) is 0 Å². The molecule has 2 rings (SSSR count). The van der Waals surface area contributed by atoms with Gasteiger partial charge in [0.15, 0.2) is 0 Å². The number of amides is 1. The van der Waals surface area contributed by atoms with E-state index in [1.807, 2.05) is 25.1 Å². The van der Waals surface area contributed by atoms with Crippen molar-refractivity contribution < 1.29 is 4.79 Å². The van der Waals surface area contributed by atoms with Gasteiger partial charge >= 0.3 is 0 Å². The van der Waals surface area contributed by atoms with Crippen molar-refractivity contribution in [1.82, 2.24) is 5.32 Å². The summed E-state index contributed by atoms with van der Waals surface area (Å²) in [6.07, 6.45) is 0.913. The van der Waals surface area contributed by atoms with Gasteiger partial charge in [-0.25, -0.2) is 0 Å². The average molecular weight is 297 g/mol. The van der Waals surface area contributed by atoms with Crippen LogP contribution in [0.25, 0.3) is 0 Å². The van der Waals surface area contributed by atoms with Crippen LogP contribution in [-0.2, 0) is 4.79 Å². The first-order valence-electron chi connectivity index (χ1n) is 5.88. The fourth-order valence-electron chi connectivity index (χ4n) is 2.18. The summed E-state index contributed by atoms with van der Waals surface area (Å²) >= 11 is 3.45. The molecule has 1 aromatic carbocycles. The molecule has 4 heteroatoms. The van der Waals surface area contributed by atoms with Crippen molar-refractivity contribution >= 4 is 27.5 Å². The smallest absolute Gasteiger partial charge is 0.229 e. The molecule has 0 saturated carbocycles. The largest absolute Gasteiger partial charge is 0.325 e. The van der Waals surface area contributed by atoms with Crippen molar-refractivity contribution in [3.8, 4) is 0 Å². The van der Waals surface area contributed by atoms with Gasteiger partial charge in [0.2, 0.25) is 5.91 Å². The van der Waals surface area contributed by atoms with Crippen molar-refractivity contribution in [2.45, 2.75) is 26.3 Å². The molecule has 0 aliphatic carbocycles. The third kappa shape index (κ3) is 2.87. The lowest BCUT2D eigenvalue weighted by atomic mass is 10.0. The number of nitrogens with one attached hydrogen (secondary N) is 2. The number of benzene rings is 1. The number of carbonyl (C=O) groups excluding carboxylic acids is 1. The lowest BCUT2D eigenvalue weighted by Gasteiger charge is -2.16. The van der Waals surface area contributed by atoms with Gasteiger partial charge in [-0.15, -0.1) is 0 Å². The van der Waals surface area contributed by atoms with Crippen LogP contribution in [0.4, 0.5) is 5.69 Å². The zero-order valence-corrected chi connectivity index (χ0v) is 11.7. The highest BCUT2D eigenvalue weighted by Crippen LogP contribution is 2.25. The van der Waals surface area contributed by atoms with Crippen LogP contribution >= 0.6 is 15.9 Å². The molecule has 1 fully saturated rings. The second-order valence-electron chi connectivity index (χ2n) is 4.61. The minimum absolute atomic E-state index is 0.0717. The van der Waals surface area contributed by atoms with Gasteiger partial charge in [-0.2, -0.15) is 0 Å². The topological polar surface area (TPSA) is 41.1 Å². The highest BCUT2D eigenvalue weighted by atomic mass is 79.9. The third-order valence-electron chi connectivity index (χ3n) is 3.24. The van der Waals surface area contributed by atoms with E-state index in [4.69, 9.17) is 0 Å². The second kappa shape index (κ2) is 5.19. The molecule has 0 radical (unpaired) electrons. The Morgan fingerprint density at radius 1 is 1.53 bits per heavy atom. The maximum Gasteiger partial charge on any atom is 0.229 e. The summed E-state index contributed by atoms with van der Waals surface area (Å²) in [7, 11) is 0. The van der Waals surface area contributed by atoms with E-state index in [2.05, 4.69) is 33.5 Å². The van der Waals surface area contributed by atoms with Crippen LogP contribution in [0.15, 0.2) is 22.7 Å². The van der Waals surface area contributed by atoms with Crippen LogP contribution in [0.2, 0.25) is 0 Å². The molecule has 1 aliphatic rings. The Bertz CT molecular complexity index is 433. The standard InChI is InChI=1S/C13H17BrN2O/c1-8-3-4-11(14)12(7-8)16-13(17)10-5-6-15-9(10)2/h3-4,7,9-10,15H,5-6H2,1-2H3,(H,16,17). The fraction of sp³-hybridized carbons (Fsp3) is 0.462. The Labute approximate surface area is 110 Å². The summed E-state index contributed by atoms with van der Waals surface area (Å²) < 4.78 is 0.926. The average Bonchev–Trinajstić information content (AvgIpc) is 2.70. The quantitative estimate of drug-likeness (QED) is 0.881. The predicted octanol–water partition coefficient (Wildman–Crippen LogP) is 2.69. The first kappa shape index (κ1) is 12.6. The van der Waals surface area contributed by atoms with E-state index in [-0.39, 0.29) is 17.9 Å². The van der Waals surface area contributed by atoms with Crippen molar-refractivity contribution in [1.29, 1.82) is 0 Å². The van der Waals surface area contributed by atoms with Crippen LogP contribution in [0.5, 0.6) is 0 Å². The minimum atomic E-state index is 0.0717. The van der Waals surface area contributed by atoms with E-state index in [0.717, 1.165) is 28.7 Å². The van der Waals surface area contributed by atoms with Gasteiger partial charge < -0.3 is 10.6 Å². The molecule has 0 aromatic heterocycles. The molecule has 2 unspecified atom stereocenters. The molecule has 1 amide bonds. The summed E-state index contributed by atoms with van der Waals surface area (Å²) in [4.78, 5) is 12.1. The van der Waals surface area contributed by atoms with E-state index < -0.39 is 0 Å². The van der Waals surface area contributed by atoms with Gasteiger partial charge in [-0.05, 0) is 60.4 Å². The van der Waals surface area contributed by atoms with Crippen molar-refractivity contribution in [2.24, 2.45) is 5.92 Å². The molecule has 3 nitrogen and oxygen atoms in total. The maximum atomic E-state index is 12.1. The molecule has 2 atom stereocenters. The summed E-state index contributed by atoms with van der Waals surface area (Å²) in [5.74, 6) is 0.177. The molecule has 2 N–H and O–H groups in total. The highest BCUT2D eigenvalue weighted by Gasteiger charge is 2.29. The Balaban J connectivity index is 2.10. The molecule has 1 saturated heterocycles. The van der Waals surface area contributed by atoms with E-state index >= 15 is 0 Å². The highest BCUT2D eigenvalue weighted by molar-refractivity contribution is 9.10. The van der Waals surface area contributed by atoms with Crippen LogP contribution in [0, 0.1) is 12.8 Å². The van der Waals surface area contributed by atoms with Gasteiger partial charge in [0.1, 0.15) is 0 Å². The van der Waals surface area contributed by atoms with Crippen LogP contribution < -0.4 is 10.6 Å². The summed E-state index contributed by atoms with van der Waals surface area (Å²) in [5, 5.41) is 6.29. The zero-order valence-electron chi connectivity index (χ0n) is 10.1. The third-order valence-corrected chi connectivity index (χ3v) is 3.93. The molecule has 17 heavy (non-hydrogen) atoms. The normalized spacial score (nSPS) is 23.7. The first-order valence-corrected chi connectivity index (χ1v) is 6.67. The summed E-state index contributed by atoms with van der Waals surface area (Å²) in [6, 6.07) is 6.22. The SMILES string of the molecule is Cc1ccc(Br)c(NC(=O)C2CCNC2C)c1. The minimum Gasteiger partial charge on any atom is -0.325 e. The molecule has 1 heterocycles. The number of anilines is 1. The van der Waals surface area contributed by atoms with Crippen molar-refractivity contribution in [2.75, 3.05) is 11.9 Å². The molecule has 92 valence electrons. The van der Waals surface area contributed by atoms with E-state index in [0.29, 0.717) is 0 Å². The second-order valence-corrected chi connectivity index (χ2v) is 5.46. The first-order chi connectivity index (χ1) is 8.08. The number of aryl methyl sites for hydroxylation is 1. The van der Waals surface area contributed by atoms with Gasteiger partial charge in [-0.1, -0.05) is 6.07 Å². The van der Waals surface area contributed by atoms with E-state index in [1.54, 1.807) is 0 Å².